The molecule has 1 heterocycles. The number of benzene rings is 1. The SMILES string of the molecule is CC(=O)c1c(C)nn(CC(=O)Nc2cc(Cl)cc(Cl)c2)c1C. The van der Waals surface area contributed by atoms with Gasteiger partial charge in [-0.25, -0.2) is 0 Å². The Morgan fingerprint density at radius 2 is 1.77 bits per heavy atom. The van der Waals surface area contributed by atoms with Gasteiger partial charge in [0.25, 0.3) is 0 Å². The number of ketones is 1. The molecule has 116 valence electrons. The fourth-order valence-electron chi connectivity index (χ4n) is 2.32. The lowest BCUT2D eigenvalue weighted by Gasteiger charge is -2.08. The van der Waals surface area contributed by atoms with Crippen molar-refractivity contribution in [2.45, 2.75) is 27.3 Å². The van der Waals surface area contributed by atoms with E-state index in [1.165, 1.54) is 11.6 Å². The molecule has 1 amide bonds. The van der Waals surface area contributed by atoms with Gasteiger partial charge in [-0.15, -0.1) is 0 Å². The molecule has 0 saturated heterocycles. The molecular formula is C15H15Cl2N3O2. The monoisotopic (exact) mass is 339 g/mol. The third-order valence-electron chi connectivity index (χ3n) is 3.17. The number of anilines is 1. The first-order chi connectivity index (χ1) is 10.3. The van der Waals surface area contributed by atoms with Gasteiger partial charge in [-0.2, -0.15) is 5.10 Å². The molecule has 0 unspecified atom stereocenters. The summed E-state index contributed by atoms with van der Waals surface area (Å²) in [5, 5.41) is 7.81. The van der Waals surface area contributed by atoms with E-state index in [1.54, 1.807) is 32.0 Å². The summed E-state index contributed by atoms with van der Waals surface area (Å²) in [6.45, 7) is 4.99. The van der Waals surface area contributed by atoms with Gasteiger partial charge in [-0.1, -0.05) is 23.2 Å². The van der Waals surface area contributed by atoms with E-state index in [1.807, 2.05) is 0 Å². The smallest absolute Gasteiger partial charge is 0.246 e. The van der Waals surface area contributed by atoms with Gasteiger partial charge >= 0.3 is 0 Å². The Labute approximate surface area is 138 Å². The summed E-state index contributed by atoms with van der Waals surface area (Å²) in [6.07, 6.45) is 0. The maximum Gasteiger partial charge on any atom is 0.246 e. The van der Waals surface area contributed by atoms with Gasteiger partial charge in [0.2, 0.25) is 5.91 Å². The molecule has 1 N–H and O–H groups in total. The van der Waals surface area contributed by atoms with Crippen LogP contribution in [0, 0.1) is 13.8 Å². The molecule has 0 bridgehead atoms. The van der Waals surface area contributed by atoms with Gasteiger partial charge in [-0.05, 0) is 39.0 Å². The quantitative estimate of drug-likeness (QED) is 0.864. The van der Waals surface area contributed by atoms with Crippen LogP contribution in [0.25, 0.3) is 0 Å². The third kappa shape index (κ3) is 3.67. The van der Waals surface area contributed by atoms with Crippen LogP contribution in [0.2, 0.25) is 10.0 Å². The van der Waals surface area contributed by atoms with Crippen molar-refractivity contribution in [3.63, 3.8) is 0 Å². The predicted molar refractivity (Wildman–Crippen MR) is 86.8 cm³/mol. The number of rotatable bonds is 4. The largest absolute Gasteiger partial charge is 0.324 e. The van der Waals surface area contributed by atoms with E-state index in [0.29, 0.717) is 32.7 Å². The van der Waals surface area contributed by atoms with Crippen molar-refractivity contribution in [1.29, 1.82) is 0 Å². The van der Waals surface area contributed by atoms with Gasteiger partial charge < -0.3 is 5.32 Å². The van der Waals surface area contributed by atoms with E-state index < -0.39 is 0 Å². The topological polar surface area (TPSA) is 64.0 Å². The van der Waals surface area contributed by atoms with Crippen molar-refractivity contribution in [2.24, 2.45) is 0 Å². The maximum atomic E-state index is 12.1. The predicted octanol–water partition coefficient (Wildman–Crippen LogP) is 3.65. The molecule has 0 radical (unpaired) electrons. The zero-order chi connectivity index (χ0) is 16.4. The number of nitrogens with one attached hydrogen (secondary N) is 1. The fraction of sp³-hybridized carbons (Fsp3) is 0.267. The summed E-state index contributed by atoms with van der Waals surface area (Å²) in [7, 11) is 0. The second-order valence-electron chi connectivity index (χ2n) is 4.97. The Bertz CT molecular complexity index is 733. The number of amides is 1. The van der Waals surface area contributed by atoms with Crippen LogP contribution in [0.1, 0.15) is 28.7 Å². The van der Waals surface area contributed by atoms with Crippen LogP contribution < -0.4 is 5.32 Å². The summed E-state index contributed by atoms with van der Waals surface area (Å²) in [6, 6.07) is 4.79. The lowest BCUT2D eigenvalue weighted by atomic mass is 10.1. The minimum Gasteiger partial charge on any atom is -0.324 e. The summed E-state index contributed by atoms with van der Waals surface area (Å²) in [5.41, 5.74) is 2.35. The number of hydrogen-bond acceptors (Lipinski definition) is 3. The Kier molecular flexibility index (Phi) is 4.88. The van der Waals surface area contributed by atoms with Crippen molar-refractivity contribution >= 4 is 40.6 Å². The van der Waals surface area contributed by atoms with E-state index in [-0.39, 0.29) is 18.2 Å². The lowest BCUT2D eigenvalue weighted by Crippen LogP contribution is -2.20. The van der Waals surface area contributed by atoms with Crippen LogP contribution in [0.5, 0.6) is 0 Å². The molecule has 7 heteroatoms. The minimum atomic E-state index is -0.279. The lowest BCUT2D eigenvalue weighted by molar-refractivity contribution is -0.116. The highest BCUT2D eigenvalue weighted by Gasteiger charge is 2.17. The number of aromatic nitrogens is 2. The van der Waals surface area contributed by atoms with E-state index >= 15 is 0 Å². The molecule has 1 aromatic heterocycles. The second kappa shape index (κ2) is 6.50. The van der Waals surface area contributed by atoms with Crippen molar-refractivity contribution in [1.82, 2.24) is 9.78 Å². The summed E-state index contributed by atoms with van der Waals surface area (Å²) in [5.74, 6) is -0.345. The highest BCUT2D eigenvalue weighted by atomic mass is 35.5. The molecule has 0 fully saturated rings. The summed E-state index contributed by atoms with van der Waals surface area (Å²) < 4.78 is 1.51. The molecule has 22 heavy (non-hydrogen) atoms. The molecule has 2 aromatic rings. The van der Waals surface area contributed by atoms with Crippen LogP contribution in [0.3, 0.4) is 0 Å². The Morgan fingerprint density at radius 1 is 1.18 bits per heavy atom. The Morgan fingerprint density at radius 3 is 2.27 bits per heavy atom. The maximum absolute atomic E-state index is 12.1. The number of carbonyl (C=O) groups excluding carboxylic acids is 2. The van der Waals surface area contributed by atoms with Crippen molar-refractivity contribution < 1.29 is 9.59 Å². The van der Waals surface area contributed by atoms with Crippen molar-refractivity contribution in [3.05, 3.63) is 45.2 Å². The molecule has 5 nitrogen and oxygen atoms in total. The third-order valence-corrected chi connectivity index (χ3v) is 3.61. The molecular weight excluding hydrogens is 325 g/mol. The van der Waals surface area contributed by atoms with Crippen LogP contribution in [0.4, 0.5) is 5.69 Å². The number of Topliss-reactive ketones (excluding diaryl/α,β-unsaturated/α-hetero) is 1. The summed E-state index contributed by atoms with van der Waals surface area (Å²) >= 11 is 11.8. The van der Waals surface area contributed by atoms with E-state index in [0.717, 1.165) is 0 Å². The highest BCUT2D eigenvalue weighted by Crippen LogP contribution is 2.22. The number of halogens is 2. The van der Waals surface area contributed by atoms with Crippen molar-refractivity contribution in [2.75, 3.05) is 5.32 Å². The zero-order valence-electron chi connectivity index (χ0n) is 12.4. The normalized spacial score (nSPS) is 10.6. The first-order valence-electron chi connectivity index (χ1n) is 6.59. The molecule has 0 aliphatic rings. The minimum absolute atomic E-state index is 0.00405. The second-order valence-corrected chi connectivity index (χ2v) is 5.84. The number of hydrogen-bond donors (Lipinski definition) is 1. The van der Waals surface area contributed by atoms with Crippen molar-refractivity contribution in [3.8, 4) is 0 Å². The average molecular weight is 340 g/mol. The Hall–Kier alpha value is -1.85. The highest BCUT2D eigenvalue weighted by molar-refractivity contribution is 6.35. The van der Waals surface area contributed by atoms with Crippen LogP contribution in [-0.2, 0) is 11.3 Å². The molecule has 0 aliphatic heterocycles. The van der Waals surface area contributed by atoms with Gasteiger partial charge in [0, 0.05) is 21.4 Å². The number of aryl methyl sites for hydroxylation is 1. The molecule has 0 spiro atoms. The van der Waals surface area contributed by atoms with Crippen LogP contribution in [-0.4, -0.2) is 21.5 Å². The van der Waals surface area contributed by atoms with Crippen LogP contribution in [0.15, 0.2) is 18.2 Å². The number of carbonyl (C=O) groups is 2. The fourth-order valence-corrected chi connectivity index (χ4v) is 2.85. The standard InChI is InChI=1S/C15H15Cl2N3O2/c1-8-15(10(3)21)9(2)20(19-8)7-14(22)18-13-5-11(16)4-12(17)6-13/h4-6H,7H2,1-3H3,(H,18,22). The summed E-state index contributed by atoms with van der Waals surface area (Å²) in [4.78, 5) is 23.7. The Balaban J connectivity index is 2.16. The van der Waals surface area contributed by atoms with E-state index in [4.69, 9.17) is 23.2 Å². The molecule has 2 rings (SSSR count). The first-order valence-corrected chi connectivity index (χ1v) is 7.34. The van der Waals surface area contributed by atoms with Gasteiger partial charge in [-0.3, -0.25) is 14.3 Å². The van der Waals surface area contributed by atoms with Gasteiger partial charge in [0.05, 0.1) is 11.3 Å². The molecule has 1 aromatic carbocycles. The van der Waals surface area contributed by atoms with Gasteiger partial charge in [0.1, 0.15) is 6.54 Å². The average Bonchev–Trinajstić information content (AvgIpc) is 2.62. The molecule has 0 aliphatic carbocycles. The van der Waals surface area contributed by atoms with E-state index in [9.17, 15) is 9.59 Å². The van der Waals surface area contributed by atoms with Gasteiger partial charge in [0.15, 0.2) is 5.78 Å². The number of nitrogens with zero attached hydrogens (tertiary/aromatic N) is 2. The zero-order valence-corrected chi connectivity index (χ0v) is 13.9. The first kappa shape index (κ1) is 16.5. The molecule has 0 atom stereocenters. The van der Waals surface area contributed by atoms with Crippen LogP contribution >= 0.6 is 23.2 Å². The molecule has 0 saturated carbocycles. The van der Waals surface area contributed by atoms with E-state index in [2.05, 4.69) is 10.4 Å².